The molecule has 7 nitrogen and oxygen atoms in total. The minimum absolute atomic E-state index is 0.0123. The summed E-state index contributed by atoms with van der Waals surface area (Å²) in [6.45, 7) is 8.07. The van der Waals surface area contributed by atoms with E-state index >= 15 is 0 Å². The average Bonchev–Trinajstić information content (AvgIpc) is 2.29. The van der Waals surface area contributed by atoms with Gasteiger partial charge in [-0.3, -0.25) is 4.21 Å². The van der Waals surface area contributed by atoms with E-state index in [1.165, 1.54) is 0 Å². The van der Waals surface area contributed by atoms with Crippen molar-refractivity contribution in [2.24, 2.45) is 0 Å². The Balaban J connectivity index is 0. The van der Waals surface area contributed by atoms with Crippen LogP contribution in [0.3, 0.4) is 0 Å². The van der Waals surface area contributed by atoms with E-state index in [0.29, 0.717) is 0 Å². The molecule has 0 spiro atoms. The highest BCUT2D eigenvalue weighted by molar-refractivity contribution is 7.77. The quantitative estimate of drug-likeness (QED) is 0.514. The van der Waals surface area contributed by atoms with Crippen LogP contribution in [0.15, 0.2) is 0 Å². The third-order valence-electron chi connectivity index (χ3n) is 1.53. The lowest BCUT2D eigenvalue weighted by Crippen LogP contribution is -2.39. The van der Waals surface area contributed by atoms with Crippen molar-refractivity contribution in [2.75, 3.05) is 26.2 Å². The van der Waals surface area contributed by atoms with Crippen molar-refractivity contribution in [1.82, 2.24) is 15.4 Å². The van der Waals surface area contributed by atoms with Crippen molar-refractivity contribution in [3.63, 3.8) is 0 Å². The van der Waals surface area contributed by atoms with E-state index in [2.05, 4.69) is 15.4 Å². The molecule has 1 atom stereocenters. The Bertz CT molecular complexity index is 275. The fourth-order valence-electron chi connectivity index (χ4n) is 0.796. The number of halogens is 3. The molecule has 20 heavy (non-hydrogen) atoms. The zero-order valence-electron chi connectivity index (χ0n) is 11.1. The Hall–Kier alpha value is -0.750. The highest BCUT2D eigenvalue weighted by Crippen LogP contribution is 2.13. The monoisotopic (exact) mass is 322 g/mol. The molecule has 0 amide bonds. The van der Waals surface area contributed by atoms with Crippen LogP contribution < -0.4 is 15.4 Å². The van der Waals surface area contributed by atoms with Crippen molar-refractivity contribution in [3.05, 3.63) is 0 Å². The topological polar surface area (TPSA) is 114 Å². The summed E-state index contributed by atoms with van der Waals surface area (Å²) in [4.78, 5) is 8.90. The summed E-state index contributed by atoms with van der Waals surface area (Å²) in [6, 6.07) is 0.0123. The van der Waals surface area contributed by atoms with Gasteiger partial charge in [0.2, 0.25) is 0 Å². The number of hydrogen-bond donors (Lipinski definition) is 4. The zero-order valence-corrected chi connectivity index (χ0v) is 11.9. The smallest absolute Gasteiger partial charge is 0.490 e. The van der Waals surface area contributed by atoms with Crippen LogP contribution in [0.1, 0.15) is 13.8 Å². The summed E-state index contributed by atoms with van der Waals surface area (Å²) in [5, 5.41) is 13.6. The molecule has 1 heterocycles. The summed E-state index contributed by atoms with van der Waals surface area (Å²) in [5.74, 6) is -2.76. The number of hydrogen-bond acceptors (Lipinski definition) is 5. The molecule has 0 aliphatic carbocycles. The number of nitrogens with one attached hydrogen (secondary N) is 3. The van der Waals surface area contributed by atoms with Crippen LogP contribution in [0.25, 0.3) is 0 Å². The summed E-state index contributed by atoms with van der Waals surface area (Å²) in [6.07, 6.45) is -5.08. The molecule has 122 valence electrons. The maximum absolute atomic E-state index is 10.6. The lowest BCUT2D eigenvalue weighted by atomic mass is 10.4. The first kappa shape index (κ1) is 21.5. The van der Waals surface area contributed by atoms with Crippen LogP contribution in [0.5, 0.6) is 0 Å². The van der Waals surface area contributed by atoms with Gasteiger partial charge in [0, 0.05) is 43.5 Å². The predicted octanol–water partition coefficient (Wildman–Crippen LogP) is -0.409. The van der Waals surface area contributed by atoms with Gasteiger partial charge in [-0.2, -0.15) is 13.2 Å². The number of carbonyl (C=O) groups is 1. The second-order valence-electron chi connectivity index (χ2n) is 3.81. The molecule has 0 saturated carbocycles. The Morgan fingerprint density at radius 1 is 1.25 bits per heavy atom. The van der Waals surface area contributed by atoms with Crippen LogP contribution in [-0.2, 0) is 16.1 Å². The van der Waals surface area contributed by atoms with Gasteiger partial charge in [-0.25, -0.2) is 9.52 Å². The number of carboxylic acids is 1. The van der Waals surface area contributed by atoms with E-state index in [0.717, 1.165) is 26.2 Å². The summed E-state index contributed by atoms with van der Waals surface area (Å²) < 4.78 is 53.4. The predicted molar refractivity (Wildman–Crippen MR) is 66.6 cm³/mol. The van der Waals surface area contributed by atoms with Gasteiger partial charge in [0.05, 0.1) is 0 Å². The van der Waals surface area contributed by atoms with E-state index in [1.807, 2.05) is 0 Å². The van der Waals surface area contributed by atoms with E-state index in [-0.39, 0.29) is 6.04 Å². The molecule has 1 unspecified atom stereocenters. The van der Waals surface area contributed by atoms with Gasteiger partial charge < -0.3 is 20.3 Å². The van der Waals surface area contributed by atoms with Gasteiger partial charge in [-0.05, 0) is 13.8 Å². The normalized spacial score (nSPS) is 16.4. The molecule has 1 aliphatic rings. The van der Waals surface area contributed by atoms with Crippen LogP contribution in [0.2, 0.25) is 0 Å². The highest BCUT2D eigenvalue weighted by Gasteiger charge is 2.38. The van der Waals surface area contributed by atoms with Crippen molar-refractivity contribution in [2.45, 2.75) is 26.1 Å². The van der Waals surface area contributed by atoms with Crippen LogP contribution >= 0.6 is 0 Å². The van der Waals surface area contributed by atoms with Crippen molar-refractivity contribution in [3.8, 4) is 0 Å². The average molecular weight is 322 g/mol. The van der Waals surface area contributed by atoms with E-state index in [9.17, 15) is 21.9 Å². The van der Waals surface area contributed by atoms with Gasteiger partial charge in [0.15, 0.2) is 0 Å². The van der Waals surface area contributed by atoms with Gasteiger partial charge in [0.1, 0.15) is 0 Å². The zero-order chi connectivity index (χ0) is 16.2. The molecule has 0 aromatic carbocycles. The van der Waals surface area contributed by atoms with Crippen LogP contribution in [0.4, 0.5) is 13.2 Å². The van der Waals surface area contributed by atoms with E-state index in [1.54, 1.807) is 13.8 Å². The minimum Gasteiger partial charge on any atom is -0.760 e. The van der Waals surface area contributed by atoms with Crippen molar-refractivity contribution < 1.29 is 31.8 Å². The van der Waals surface area contributed by atoms with Gasteiger partial charge in [-0.1, -0.05) is 0 Å². The van der Waals surface area contributed by atoms with Crippen LogP contribution in [-0.4, -0.2) is 58.2 Å². The second kappa shape index (κ2) is 12.0. The fraction of sp³-hybridized carbons (Fsp3) is 0.889. The second-order valence-corrected chi connectivity index (χ2v) is 4.52. The number of piperazine rings is 1. The van der Waals surface area contributed by atoms with E-state index < -0.39 is 23.4 Å². The molecule has 0 radical (unpaired) electrons. The number of aliphatic carboxylic acids is 1. The summed E-state index contributed by atoms with van der Waals surface area (Å²) >= 11 is -2.10. The first-order valence-corrected chi connectivity index (χ1v) is 6.71. The third kappa shape index (κ3) is 19.6. The molecule has 4 N–H and O–H groups in total. The van der Waals surface area contributed by atoms with Gasteiger partial charge >= 0.3 is 12.1 Å². The molecular weight excluding hydrogens is 303 g/mol. The Morgan fingerprint density at radius 2 is 1.55 bits per heavy atom. The van der Waals surface area contributed by atoms with Crippen LogP contribution in [0, 0.1) is 0 Å². The molecule has 1 fully saturated rings. The first-order chi connectivity index (χ1) is 9.07. The maximum Gasteiger partial charge on any atom is 0.490 e. The lowest BCUT2D eigenvalue weighted by Gasteiger charge is -2.11. The maximum atomic E-state index is 10.6. The lowest BCUT2D eigenvalue weighted by molar-refractivity contribution is -0.192. The molecule has 0 aromatic heterocycles. The van der Waals surface area contributed by atoms with Crippen molar-refractivity contribution >= 4 is 17.2 Å². The molecule has 11 heteroatoms. The Morgan fingerprint density at radius 3 is 1.60 bits per heavy atom. The Labute approximate surface area is 117 Å². The number of alkyl halides is 3. The van der Waals surface area contributed by atoms with E-state index in [4.69, 9.17) is 9.90 Å². The number of carboxylic acid groups (broad SMARTS) is 1. The number of rotatable bonds is 2. The molecular formula is C9H19F3N3O4S-. The summed E-state index contributed by atoms with van der Waals surface area (Å²) in [5.41, 5.74) is 0. The fourth-order valence-corrected chi connectivity index (χ4v) is 1.18. The summed E-state index contributed by atoms with van der Waals surface area (Å²) in [7, 11) is 0. The molecule has 0 bridgehead atoms. The van der Waals surface area contributed by atoms with Crippen molar-refractivity contribution in [1.29, 1.82) is 0 Å². The first-order valence-electron chi connectivity index (χ1n) is 5.64. The molecule has 1 rings (SSSR count). The Kier molecular flexibility index (Phi) is 13.0. The molecule has 1 aliphatic heterocycles. The molecule has 1 saturated heterocycles. The SMILES string of the molecule is C1CNCCN1.CC(C)NS(=O)[O-].O=C(O)C(F)(F)F. The van der Waals surface area contributed by atoms with Gasteiger partial charge in [-0.15, -0.1) is 0 Å². The standard InChI is InChI=1S/C4H10N2.C3H9NO2S.C2HF3O2/c1-2-6-4-3-5-1;1-3(2)4-7(5)6;3-2(4,5)1(6)7/h5-6H,1-4H2;3-4H,1-2H3,(H,5,6);(H,6,7)/p-1. The van der Waals surface area contributed by atoms with Gasteiger partial charge in [0.25, 0.3) is 0 Å². The molecule has 0 aromatic rings. The highest BCUT2D eigenvalue weighted by atomic mass is 32.2. The minimum atomic E-state index is -5.08. The largest absolute Gasteiger partial charge is 0.760 e. The third-order valence-corrected chi connectivity index (χ3v) is 2.20.